The molecule has 4 rings (SSSR count). The van der Waals surface area contributed by atoms with Crippen LogP contribution in [0.25, 0.3) is 0 Å². The van der Waals surface area contributed by atoms with Crippen LogP contribution in [0.5, 0.6) is 11.5 Å². The number of aromatic hydroxyl groups is 1. The number of rotatable bonds is 3. The molecule has 2 bridgehead atoms. The second kappa shape index (κ2) is 5.89. The highest BCUT2D eigenvalue weighted by molar-refractivity contribution is 5.90. The van der Waals surface area contributed by atoms with Crippen LogP contribution >= 0.6 is 0 Å². The number of carbonyl (C=O) groups excluding carboxylic acids is 1. The number of phenols is 1. The first-order valence-corrected chi connectivity index (χ1v) is 10.2. The molecule has 0 aromatic heterocycles. The second-order valence-electron chi connectivity index (χ2n) is 9.93. The van der Waals surface area contributed by atoms with Crippen molar-refractivity contribution in [1.82, 2.24) is 0 Å². The Balaban J connectivity index is 1.61. The Morgan fingerprint density at radius 3 is 2.59 bits per heavy atom. The number of esters is 1. The van der Waals surface area contributed by atoms with E-state index in [1.807, 2.05) is 0 Å². The van der Waals surface area contributed by atoms with E-state index in [0.717, 1.165) is 24.7 Å². The lowest BCUT2D eigenvalue weighted by molar-refractivity contribution is -0.0882. The van der Waals surface area contributed by atoms with E-state index in [1.54, 1.807) is 12.1 Å². The summed E-state index contributed by atoms with van der Waals surface area (Å²) in [5, 5.41) is 9.78. The molecular formula is C23H32O4. The van der Waals surface area contributed by atoms with Crippen molar-refractivity contribution in [2.45, 2.75) is 65.4 Å². The monoisotopic (exact) mass is 372 g/mol. The third-order valence-corrected chi connectivity index (χ3v) is 8.51. The SMILES string of the molecule is COc1cc(C(=O)O[C@]2(C)CC[C@@]34C[C@@H]2C(C)(C)[C@@H]3CC[C@H]4C)ccc1O. The summed E-state index contributed by atoms with van der Waals surface area (Å²) in [6.07, 6.45) is 5.91. The number of ether oxygens (including phenoxy) is 2. The Morgan fingerprint density at radius 2 is 1.89 bits per heavy atom. The molecule has 3 aliphatic rings. The third kappa shape index (κ3) is 2.51. The fraction of sp³-hybridized carbons (Fsp3) is 0.696. The number of phenolic OH excluding ortho intramolecular Hbond substituents is 1. The number of hydrogen-bond acceptors (Lipinski definition) is 4. The average molecular weight is 373 g/mol. The summed E-state index contributed by atoms with van der Waals surface area (Å²) >= 11 is 0. The number of hydrogen-bond donors (Lipinski definition) is 1. The lowest BCUT2D eigenvalue weighted by Crippen LogP contribution is -2.47. The summed E-state index contributed by atoms with van der Waals surface area (Å²) in [4.78, 5) is 12.9. The van der Waals surface area contributed by atoms with Gasteiger partial charge in [0.15, 0.2) is 11.5 Å². The molecule has 3 aliphatic carbocycles. The van der Waals surface area contributed by atoms with Crippen molar-refractivity contribution < 1.29 is 19.4 Å². The second-order valence-corrected chi connectivity index (χ2v) is 9.93. The van der Waals surface area contributed by atoms with Crippen LogP contribution in [0.1, 0.15) is 70.2 Å². The highest BCUT2D eigenvalue weighted by Crippen LogP contribution is 2.73. The van der Waals surface area contributed by atoms with Gasteiger partial charge in [0.1, 0.15) is 5.60 Å². The minimum Gasteiger partial charge on any atom is -0.504 e. The molecule has 3 saturated carbocycles. The van der Waals surface area contributed by atoms with Gasteiger partial charge in [-0.15, -0.1) is 0 Å². The molecule has 0 saturated heterocycles. The van der Waals surface area contributed by atoms with Crippen molar-refractivity contribution in [3.8, 4) is 11.5 Å². The van der Waals surface area contributed by atoms with Crippen LogP contribution in [0.4, 0.5) is 0 Å². The van der Waals surface area contributed by atoms with E-state index in [-0.39, 0.29) is 17.1 Å². The van der Waals surface area contributed by atoms with Crippen molar-refractivity contribution in [3.05, 3.63) is 23.8 Å². The predicted molar refractivity (Wildman–Crippen MR) is 104 cm³/mol. The number of fused-ring (bicyclic) bond motifs is 1. The molecule has 4 heteroatoms. The molecule has 0 unspecified atom stereocenters. The maximum absolute atomic E-state index is 12.9. The zero-order valence-electron chi connectivity index (χ0n) is 17.2. The molecule has 0 heterocycles. The zero-order valence-corrected chi connectivity index (χ0v) is 17.2. The molecule has 148 valence electrons. The van der Waals surface area contributed by atoms with Gasteiger partial charge >= 0.3 is 5.97 Å². The number of methoxy groups -OCH3 is 1. The molecule has 27 heavy (non-hydrogen) atoms. The van der Waals surface area contributed by atoms with Crippen molar-refractivity contribution in [1.29, 1.82) is 0 Å². The van der Waals surface area contributed by atoms with Gasteiger partial charge in [-0.3, -0.25) is 0 Å². The Bertz CT molecular complexity index is 770. The third-order valence-electron chi connectivity index (χ3n) is 8.51. The Hall–Kier alpha value is -1.71. The van der Waals surface area contributed by atoms with Gasteiger partial charge in [0.2, 0.25) is 0 Å². The topological polar surface area (TPSA) is 55.8 Å². The minimum atomic E-state index is -0.443. The van der Waals surface area contributed by atoms with Crippen LogP contribution in [0, 0.1) is 28.6 Å². The van der Waals surface area contributed by atoms with Gasteiger partial charge < -0.3 is 14.6 Å². The van der Waals surface area contributed by atoms with Crippen molar-refractivity contribution in [2.75, 3.05) is 7.11 Å². The van der Waals surface area contributed by atoms with Crippen LogP contribution in [-0.2, 0) is 4.74 Å². The highest BCUT2D eigenvalue weighted by Gasteiger charge is 2.68. The minimum absolute atomic E-state index is 0.0265. The Labute approximate surface area is 162 Å². The molecule has 0 amide bonds. The fourth-order valence-electron chi connectivity index (χ4n) is 7.06. The molecule has 0 radical (unpaired) electrons. The molecule has 5 atom stereocenters. The normalized spacial score (nSPS) is 39.1. The maximum Gasteiger partial charge on any atom is 0.338 e. The van der Waals surface area contributed by atoms with E-state index in [0.29, 0.717) is 22.6 Å². The van der Waals surface area contributed by atoms with Crippen LogP contribution in [0.15, 0.2) is 18.2 Å². The molecule has 1 aromatic carbocycles. The fourth-order valence-corrected chi connectivity index (χ4v) is 7.06. The van der Waals surface area contributed by atoms with E-state index < -0.39 is 5.60 Å². The quantitative estimate of drug-likeness (QED) is 0.742. The van der Waals surface area contributed by atoms with Gasteiger partial charge in [0.25, 0.3) is 0 Å². The molecule has 3 fully saturated rings. The van der Waals surface area contributed by atoms with Gasteiger partial charge in [0.05, 0.1) is 12.7 Å². The van der Waals surface area contributed by atoms with Crippen LogP contribution in [0.3, 0.4) is 0 Å². The standard InChI is InChI=1S/C23H32O4/c1-14-6-9-18-21(2,3)19-13-23(14,18)11-10-22(19,4)27-20(25)15-7-8-16(24)17(12-15)26-5/h7-8,12,14,18-19,24H,6,9-11,13H2,1-5H3/t14-,18+,19-,22-,23+/m1/s1. The summed E-state index contributed by atoms with van der Waals surface area (Å²) in [5.74, 6) is 1.88. The Morgan fingerprint density at radius 1 is 1.15 bits per heavy atom. The van der Waals surface area contributed by atoms with Gasteiger partial charge in [-0.05, 0) is 79.9 Å². The van der Waals surface area contributed by atoms with E-state index in [9.17, 15) is 9.90 Å². The first kappa shape index (κ1) is 18.6. The largest absolute Gasteiger partial charge is 0.504 e. The summed E-state index contributed by atoms with van der Waals surface area (Å²) in [5.41, 5.74) is 0.613. The first-order chi connectivity index (χ1) is 12.6. The summed E-state index contributed by atoms with van der Waals surface area (Å²) < 4.78 is 11.3. The van der Waals surface area contributed by atoms with E-state index in [4.69, 9.17) is 9.47 Å². The van der Waals surface area contributed by atoms with Crippen molar-refractivity contribution in [3.63, 3.8) is 0 Å². The van der Waals surface area contributed by atoms with Crippen molar-refractivity contribution in [2.24, 2.45) is 28.6 Å². The zero-order chi connectivity index (χ0) is 19.6. The molecule has 1 spiro atoms. The molecule has 0 aliphatic heterocycles. The van der Waals surface area contributed by atoms with Crippen LogP contribution < -0.4 is 4.74 Å². The smallest absolute Gasteiger partial charge is 0.338 e. The lowest BCUT2D eigenvalue weighted by atomic mass is 9.64. The highest BCUT2D eigenvalue weighted by atomic mass is 16.6. The van der Waals surface area contributed by atoms with Crippen LogP contribution in [-0.4, -0.2) is 23.8 Å². The van der Waals surface area contributed by atoms with Crippen molar-refractivity contribution >= 4 is 5.97 Å². The van der Waals surface area contributed by atoms with E-state index in [2.05, 4.69) is 27.7 Å². The van der Waals surface area contributed by atoms with Gasteiger partial charge in [0, 0.05) is 5.92 Å². The van der Waals surface area contributed by atoms with Crippen LogP contribution in [0.2, 0.25) is 0 Å². The molecule has 1 N–H and O–H groups in total. The van der Waals surface area contributed by atoms with E-state index in [1.165, 1.54) is 32.4 Å². The summed E-state index contributed by atoms with van der Waals surface area (Å²) in [6.45, 7) is 9.34. The first-order valence-electron chi connectivity index (χ1n) is 10.2. The predicted octanol–water partition coefficient (Wildman–Crippen LogP) is 5.19. The number of benzene rings is 1. The molecular weight excluding hydrogens is 340 g/mol. The average Bonchev–Trinajstić information content (AvgIpc) is 3.04. The maximum atomic E-state index is 12.9. The summed E-state index contributed by atoms with van der Waals surface area (Å²) in [6, 6.07) is 4.64. The Kier molecular flexibility index (Phi) is 4.07. The lowest BCUT2D eigenvalue weighted by Gasteiger charge is -2.46. The molecule has 1 aromatic rings. The summed E-state index contributed by atoms with van der Waals surface area (Å²) in [7, 11) is 1.48. The van der Waals surface area contributed by atoms with Gasteiger partial charge in [-0.1, -0.05) is 20.8 Å². The van der Waals surface area contributed by atoms with Gasteiger partial charge in [-0.2, -0.15) is 0 Å². The van der Waals surface area contributed by atoms with Gasteiger partial charge in [-0.25, -0.2) is 4.79 Å². The number of carbonyl (C=O) groups is 1. The molecule has 4 nitrogen and oxygen atoms in total. The van der Waals surface area contributed by atoms with E-state index >= 15 is 0 Å².